The van der Waals surface area contributed by atoms with Crippen LogP contribution in [0.5, 0.6) is 17.5 Å². The van der Waals surface area contributed by atoms with Crippen LogP contribution in [0, 0.1) is 0 Å². The van der Waals surface area contributed by atoms with Crippen LogP contribution < -0.4 is 31.5 Å². The third-order valence-corrected chi connectivity index (χ3v) is 6.59. The first-order chi connectivity index (χ1) is 18.6. The lowest BCUT2D eigenvalue weighted by Gasteiger charge is -2.13. The molecule has 2 N–H and O–H groups in total. The molecule has 0 saturated carbocycles. The molecule has 11 nitrogen and oxygen atoms in total. The minimum absolute atomic E-state index is 0.0617. The molecule has 2 heterocycles. The molecule has 0 bridgehead atoms. The van der Waals surface area contributed by atoms with Crippen LogP contribution in [0.4, 0.5) is 0 Å². The number of rotatable bonds is 8. The van der Waals surface area contributed by atoms with E-state index in [1.54, 1.807) is 47.2 Å². The molecule has 2 aromatic heterocycles. The van der Waals surface area contributed by atoms with Gasteiger partial charge < -0.3 is 14.8 Å². The van der Waals surface area contributed by atoms with Gasteiger partial charge in [-0.15, -0.1) is 0 Å². The molecule has 4 rings (SSSR count). The molecule has 4 aromatic rings. The second kappa shape index (κ2) is 11.9. The summed E-state index contributed by atoms with van der Waals surface area (Å²) in [6.45, 7) is 2.73. The molecule has 0 saturated heterocycles. The van der Waals surface area contributed by atoms with Crippen LogP contribution in [0.25, 0.3) is 11.2 Å². The van der Waals surface area contributed by atoms with Crippen molar-refractivity contribution in [3.8, 4) is 17.5 Å². The number of hydrogen-bond acceptors (Lipinski definition) is 7. The van der Waals surface area contributed by atoms with Gasteiger partial charge >= 0.3 is 11.7 Å². The predicted molar refractivity (Wildman–Crippen MR) is 156 cm³/mol. The van der Waals surface area contributed by atoms with Gasteiger partial charge in [-0.25, -0.2) is 4.79 Å². The van der Waals surface area contributed by atoms with Crippen LogP contribution in [0.2, 0.25) is 10.0 Å². The fraction of sp³-hybridized carbons (Fsp3) is 0.240. The minimum atomic E-state index is -0.526. The van der Waals surface area contributed by atoms with Gasteiger partial charge in [0.15, 0.2) is 27.8 Å². The molecule has 0 atom stereocenters. The quantitative estimate of drug-likeness (QED) is 0.182. The van der Waals surface area contributed by atoms with Crippen molar-refractivity contribution in [2.24, 2.45) is 19.2 Å². The average Bonchev–Trinajstić information content (AvgIpc) is 3.26. The number of nitrogens with one attached hydrogen (secondary N) is 2. The number of aromatic nitrogens is 4. The highest BCUT2D eigenvalue weighted by Gasteiger charge is 2.22. The van der Waals surface area contributed by atoms with E-state index in [1.807, 2.05) is 6.92 Å². The highest BCUT2D eigenvalue weighted by atomic mass is 35.5. The standard InChI is InChI=1S/C25H25Cl2N7O4S/c1-5-28-23(39)31-29-12-14-6-9-18(19(10-14)37-4)38-24-30-21-20(22(35)33(3)25(36)32(21)2)34(24)13-15-7-8-16(26)11-17(15)27/h6-12H,5,13H2,1-4H3,(H2,28,31,39)/b29-12-. The van der Waals surface area contributed by atoms with Gasteiger partial charge in [0.05, 0.1) is 19.9 Å². The largest absolute Gasteiger partial charge is 0.493 e. The van der Waals surface area contributed by atoms with Crippen LogP contribution in [-0.4, -0.2) is 43.7 Å². The van der Waals surface area contributed by atoms with Gasteiger partial charge in [0.25, 0.3) is 5.56 Å². The second-order valence-electron chi connectivity index (χ2n) is 8.34. The smallest absolute Gasteiger partial charge is 0.332 e. The highest BCUT2D eigenvalue weighted by Crippen LogP contribution is 2.33. The summed E-state index contributed by atoms with van der Waals surface area (Å²) in [7, 11) is 4.43. The number of fused-ring (bicyclic) bond motifs is 1. The number of benzene rings is 2. The normalized spacial score (nSPS) is 11.2. The summed E-state index contributed by atoms with van der Waals surface area (Å²) in [5.41, 5.74) is 3.39. The zero-order valence-corrected chi connectivity index (χ0v) is 23.8. The molecule has 0 aliphatic carbocycles. The topological polar surface area (TPSA) is 117 Å². The van der Waals surface area contributed by atoms with Gasteiger partial charge in [-0.05, 0) is 60.6 Å². The molecule has 14 heteroatoms. The van der Waals surface area contributed by atoms with Crippen LogP contribution >= 0.6 is 35.4 Å². The molecule has 39 heavy (non-hydrogen) atoms. The summed E-state index contributed by atoms with van der Waals surface area (Å²) in [5.74, 6) is 0.712. The first-order valence-corrected chi connectivity index (χ1v) is 12.8. The lowest BCUT2D eigenvalue weighted by atomic mass is 10.2. The fourth-order valence-corrected chi connectivity index (χ4v) is 4.45. The lowest BCUT2D eigenvalue weighted by molar-refractivity contribution is 0.361. The third kappa shape index (κ3) is 5.92. The number of thiocarbonyl (C=S) groups is 1. The number of imidazole rings is 1. The molecule has 2 aromatic carbocycles. The Bertz CT molecular complexity index is 1710. The van der Waals surface area contributed by atoms with Crippen LogP contribution in [0.3, 0.4) is 0 Å². The van der Waals surface area contributed by atoms with Crippen molar-refractivity contribution in [2.45, 2.75) is 13.5 Å². The van der Waals surface area contributed by atoms with Crippen LogP contribution in [0.15, 0.2) is 51.1 Å². The van der Waals surface area contributed by atoms with E-state index in [9.17, 15) is 9.59 Å². The fourth-order valence-electron chi connectivity index (χ4n) is 3.78. The molecular weight excluding hydrogens is 565 g/mol. The van der Waals surface area contributed by atoms with E-state index in [0.29, 0.717) is 44.3 Å². The molecule has 0 amide bonds. The van der Waals surface area contributed by atoms with E-state index in [-0.39, 0.29) is 23.7 Å². The van der Waals surface area contributed by atoms with Crippen molar-refractivity contribution in [1.82, 2.24) is 29.4 Å². The molecule has 0 fully saturated rings. The SMILES string of the molecule is CCNC(=S)N/N=C\c1ccc(Oc2nc3c(c(=O)n(C)c(=O)n3C)n2Cc2ccc(Cl)cc2Cl)c(OC)c1. The van der Waals surface area contributed by atoms with Gasteiger partial charge in [-0.2, -0.15) is 10.1 Å². The summed E-state index contributed by atoms with van der Waals surface area (Å²) < 4.78 is 15.6. The van der Waals surface area contributed by atoms with Crippen LogP contribution in [-0.2, 0) is 20.6 Å². The summed E-state index contributed by atoms with van der Waals surface area (Å²) in [6.07, 6.45) is 1.58. The van der Waals surface area contributed by atoms with Gasteiger partial charge in [0.2, 0.25) is 0 Å². The molecule has 0 radical (unpaired) electrons. The number of ether oxygens (including phenoxy) is 2. The van der Waals surface area contributed by atoms with E-state index < -0.39 is 11.2 Å². The van der Waals surface area contributed by atoms with E-state index in [4.69, 9.17) is 44.9 Å². The molecule has 0 spiro atoms. The zero-order valence-electron chi connectivity index (χ0n) is 21.5. The number of hydrogen-bond donors (Lipinski definition) is 2. The first-order valence-electron chi connectivity index (χ1n) is 11.7. The zero-order chi connectivity index (χ0) is 28.3. The Morgan fingerprint density at radius 1 is 1.13 bits per heavy atom. The number of nitrogens with zero attached hydrogens (tertiary/aromatic N) is 5. The molecule has 0 unspecified atom stereocenters. The Hall–Kier alpha value is -3.87. The van der Waals surface area contributed by atoms with Crippen molar-refractivity contribution in [3.05, 3.63) is 78.4 Å². The van der Waals surface area contributed by atoms with E-state index >= 15 is 0 Å². The van der Waals surface area contributed by atoms with Crippen molar-refractivity contribution in [2.75, 3.05) is 13.7 Å². The lowest BCUT2D eigenvalue weighted by Crippen LogP contribution is -2.37. The van der Waals surface area contributed by atoms with Gasteiger partial charge in [0.1, 0.15) is 0 Å². The Morgan fingerprint density at radius 3 is 2.59 bits per heavy atom. The molecular formula is C25H25Cl2N7O4S. The summed E-state index contributed by atoms with van der Waals surface area (Å²) in [4.78, 5) is 30.3. The first kappa shape index (κ1) is 28.1. The van der Waals surface area contributed by atoms with Crippen molar-refractivity contribution in [3.63, 3.8) is 0 Å². The van der Waals surface area contributed by atoms with Crippen LogP contribution in [0.1, 0.15) is 18.1 Å². The minimum Gasteiger partial charge on any atom is -0.493 e. The maximum atomic E-state index is 13.2. The van der Waals surface area contributed by atoms with Gasteiger partial charge in [0, 0.05) is 30.7 Å². The van der Waals surface area contributed by atoms with E-state index in [1.165, 1.54) is 25.8 Å². The number of aryl methyl sites for hydroxylation is 1. The van der Waals surface area contributed by atoms with Gasteiger partial charge in [-0.1, -0.05) is 29.3 Å². The van der Waals surface area contributed by atoms with E-state index in [2.05, 4.69) is 20.8 Å². The predicted octanol–water partition coefficient (Wildman–Crippen LogP) is 3.41. The Kier molecular flexibility index (Phi) is 8.58. The highest BCUT2D eigenvalue weighted by molar-refractivity contribution is 7.80. The Labute approximate surface area is 238 Å². The third-order valence-electron chi connectivity index (χ3n) is 5.76. The summed E-state index contributed by atoms with van der Waals surface area (Å²) in [5, 5.41) is 8.32. The van der Waals surface area contributed by atoms with E-state index in [0.717, 1.165) is 4.57 Å². The summed E-state index contributed by atoms with van der Waals surface area (Å²) >= 11 is 17.6. The average molecular weight is 590 g/mol. The number of methoxy groups -OCH3 is 1. The molecule has 0 aliphatic rings. The number of hydrazone groups is 1. The Balaban J connectivity index is 1.78. The maximum Gasteiger partial charge on any atom is 0.332 e. The monoisotopic (exact) mass is 589 g/mol. The second-order valence-corrected chi connectivity index (χ2v) is 9.59. The van der Waals surface area contributed by atoms with Crippen molar-refractivity contribution in [1.29, 1.82) is 0 Å². The summed E-state index contributed by atoms with van der Waals surface area (Å²) in [6, 6.07) is 10.3. The maximum absolute atomic E-state index is 13.2. The van der Waals surface area contributed by atoms with Crippen molar-refractivity contribution < 1.29 is 9.47 Å². The van der Waals surface area contributed by atoms with Crippen molar-refractivity contribution >= 4 is 57.9 Å². The molecule has 204 valence electrons. The molecule has 0 aliphatic heterocycles. The Morgan fingerprint density at radius 2 is 1.90 bits per heavy atom. The number of halogens is 2. The van der Waals surface area contributed by atoms with Gasteiger partial charge in [-0.3, -0.25) is 23.9 Å².